The highest BCUT2D eigenvalue weighted by Crippen LogP contribution is 2.33. The molecule has 0 saturated heterocycles. The van der Waals surface area contributed by atoms with Crippen molar-refractivity contribution in [3.63, 3.8) is 0 Å². The maximum atomic E-state index is 11.6. The number of ether oxygens (including phenoxy) is 1. The second-order valence-electron chi connectivity index (χ2n) is 4.25. The molecule has 0 aliphatic carbocycles. The predicted molar refractivity (Wildman–Crippen MR) is 64.2 cm³/mol. The van der Waals surface area contributed by atoms with Crippen molar-refractivity contribution in [2.24, 2.45) is 11.1 Å². The maximum Gasteiger partial charge on any atom is 0.313 e. The van der Waals surface area contributed by atoms with Crippen molar-refractivity contribution in [3.8, 4) is 0 Å². The monoisotopic (exact) mass is 241 g/mol. The van der Waals surface area contributed by atoms with Gasteiger partial charge in [0.2, 0.25) is 0 Å². The van der Waals surface area contributed by atoms with Gasteiger partial charge in [-0.25, -0.2) is 0 Å². The molecule has 2 N–H and O–H groups in total. The van der Waals surface area contributed by atoms with Crippen LogP contribution in [-0.2, 0) is 9.53 Å². The first-order valence-electron chi connectivity index (χ1n) is 4.99. The summed E-state index contributed by atoms with van der Waals surface area (Å²) in [5.41, 5.74) is 6.10. The summed E-state index contributed by atoms with van der Waals surface area (Å²) in [6.07, 6.45) is 0. The molecule has 1 aromatic rings. The van der Waals surface area contributed by atoms with Gasteiger partial charge >= 0.3 is 5.97 Å². The van der Waals surface area contributed by atoms with Crippen molar-refractivity contribution in [2.45, 2.75) is 19.9 Å². The van der Waals surface area contributed by atoms with E-state index >= 15 is 0 Å². The van der Waals surface area contributed by atoms with Crippen LogP contribution < -0.4 is 5.73 Å². The van der Waals surface area contributed by atoms with Crippen molar-refractivity contribution < 1.29 is 9.53 Å². The Morgan fingerprint density at radius 2 is 2.12 bits per heavy atom. The van der Waals surface area contributed by atoms with Crippen LogP contribution in [0.3, 0.4) is 0 Å². The lowest BCUT2D eigenvalue weighted by Crippen LogP contribution is -2.37. The molecule has 0 heterocycles. The summed E-state index contributed by atoms with van der Waals surface area (Å²) in [5.74, 6) is -0.333. The Labute approximate surface area is 101 Å². The first-order valence-corrected chi connectivity index (χ1v) is 5.37. The SMILES string of the molecule is COC(=O)C(C)(C)C(N)c1cccc(Cl)c1. The van der Waals surface area contributed by atoms with Crippen LogP contribution in [0.5, 0.6) is 0 Å². The Hall–Kier alpha value is -1.06. The Bertz CT molecular complexity index is 390. The van der Waals surface area contributed by atoms with Gasteiger partial charge in [0.1, 0.15) is 0 Å². The minimum Gasteiger partial charge on any atom is -0.469 e. The van der Waals surface area contributed by atoms with Crippen LogP contribution in [0.2, 0.25) is 5.02 Å². The van der Waals surface area contributed by atoms with Crippen molar-refractivity contribution in [3.05, 3.63) is 34.9 Å². The van der Waals surface area contributed by atoms with Gasteiger partial charge in [-0.3, -0.25) is 4.79 Å². The number of hydrogen-bond acceptors (Lipinski definition) is 3. The van der Waals surface area contributed by atoms with Gasteiger partial charge in [-0.2, -0.15) is 0 Å². The normalized spacial score (nSPS) is 13.3. The van der Waals surface area contributed by atoms with Gasteiger partial charge in [0, 0.05) is 11.1 Å². The molecule has 0 amide bonds. The summed E-state index contributed by atoms with van der Waals surface area (Å²) >= 11 is 5.88. The highest BCUT2D eigenvalue weighted by atomic mass is 35.5. The molecule has 16 heavy (non-hydrogen) atoms. The third-order valence-corrected chi connectivity index (χ3v) is 2.93. The van der Waals surface area contributed by atoms with Crippen LogP contribution >= 0.6 is 11.6 Å². The lowest BCUT2D eigenvalue weighted by molar-refractivity contribution is -0.152. The molecule has 0 spiro atoms. The van der Waals surface area contributed by atoms with Crippen LogP contribution in [0.15, 0.2) is 24.3 Å². The Morgan fingerprint density at radius 1 is 1.50 bits per heavy atom. The summed E-state index contributed by atoms with van der Waals surface area (Å²) in [5, 5.41) is 0.605. The van der Waals surface area contributed by atoms with E-state index in [9.17, 15) is 4.79 Å². The lowest BCUT2D eigenvalue weighted by Gasteiger charge is -2.28. The minimum atomic E-state index is -0.778. The molecule has 0 bridgehead atoms. The van der Waals surface area contributed by atoms with Gasteiger partial charge in [0.15, 0.2) is 0 Å². The van der Waals surface area contributed by atoms with E-state index in [-0.39, 0.29) is 5.97 Å². The average Bonchev–Trinajstić information content (AvgIpc) is 2.26. The molecule has 0 aromatic heterocycles. The number of benzene rings is 1. The standard InChI is InChI=1S/C12H16ClNO2/c1-12(2,11(15)16-3)10(14)8-5-4-6-9(13)7-8/h4-7,10H,14H2,1-3H3. The summed E-state index contributed by atoms with van der Waals surface area (Å²) in [7, 11) is 1.36. The van der Waals surface area contributed by atoms with E-state index in [4.69, 9.17) is 22.1 Å². The number of halogens is 1. The number of esters is 1. The quantitative estimate of drug-likeness (QED) is 0.828. The average molecular weight is 242 g/mol. The topological polar surface area (TPSA) is 52.3 Å². The highest BCUT2D eigenvalue weighted by molar-refractivity contribution is 6.30. The molecule has 3 nitrogen and oxygen atoms in total. The van der Waals surface area contributed by atoms with Crippen LogP contribution in [0.1, 0.15) is 25.5 Å². The largest absolute Gasteiger partial charge is 0.469 e. The first-order chi connectivity index (χ1) is 7.39. The maximum absolute atomic E-state index is 11.6. The third kappa shape index (κ3) is 2.54. The van der Waals surface area contributed by atoms with Gasteiger partial charge in [-0.15, -0.1) is 0 Å². The number of rotatable bonds is 3. The summed E-state index contributed by atoms with van der Waals surface area (Å²) < 4.78 is 4.74. The molecule has 0 aliphatic rings. The molecule has 1 unspecified atom stereocenters. The Kier molecular flexibility index (Phi) is 3.94. The van der Waals surface area contributed by atoms with Gasteiger partial charge in [-0.05, 0) is 31.5 Å². The van der Waals surface area contributed by atoms with Crippen LogP contribution in [0.25, 0.3) is 0 Å². The van der Waals surface area contributed by atoms with E-state index in [0.717, 1.165) is 5.56 Å². The number of methoxy groups -OCH3 is 1. The molecule has 4 heteroatoms. The number of nitrogens with two attached hydrogens (primary N) is 1. The van der Waals surface area contributed by atoms with Crippen molar-refractivity contribution in [1.82, 2.24) is 0 Å². The van der Waals surface area contributed by atoms with Gasteiger partial charge in [-0.1, -0.05) is 23.7 Å². The second-order valence-corrected chi connectivity index (χ2v) is 4.68. The lowest BCUT2D eigenvalue weighted by atomic mass is 9.81. The second kappa shape index (κ2) is 4.85. The summed E-state index contributed by atoms with van der Waals surface area (Å²) in [6, 6.07) is 6.74. The Balaban J connectivity index is 3.01. The molecule has 0 fully saturated rings. The van der Waals surface area contributed by atoms with Gasteiger partial charge in [0.25, 0.3) is 0 Å². The first kappa shape index (κ1) is 13.0. The fourth-order valence-corrected chi connectivity index (χ4v) is 1.71. The molecular weight excluding hydrogens is 226 g/mol. The van der Waals surface area contributed by atoms with Crippen molar-refractivity contribution >= 4 is 17.6 Å². The molecular formula is C12H16ClNO2. The molecule has 1 atom stereocenters. The van der Waals surface area contributed by atoms with E-state index < -0.39 is 11.5 Å². The highest BCUT2D eigenvalue weighted by Gasteiger charge is 2.36. The van der Waals surface area contributed by atoms with Crippen molar-refractivity contribution in [2.75, 3.05) is 7.11 Å². The molecule has 0 saturated carbocycles. The van der Waals surface area contributed by atoms with E-state index in [1.807, 2.05) is 12.1 Å². The van der Waals surface area contributed by atoms with Crippen LogP contribution in [0.4, 0.5) is 0 Å². The third-order valence-electron chi connectivity index (χ3n) is 2.70. The van der Waals surface area contributed by atoms with Crippen LogP contribution in [-0.4, -0.2) is 13.1 Å². The number of hydrogen-bond donors (Lipinski definition) is 1. The molecule has 0 radical (unpaired) electrons. The van der Waals surface area contributed by atoms with E-state index in [1.165, 1.54) is 7.11 Å². The van der Waals surface area contributed by atoms with E-state index in [0.29, 0.717) is 5.02 Å². The van der Waals surface area contributed by atoms with E-state index in [1.54, 1.807) is 26.0 Å². The minimum absolute atomic E-state index is 0.333. The zero-order chi connectivity index (χ0) is 12.3. The van der Waals surface area contributed by atoms with Crippen LogP contribution in [0, 0.1) is 5.41 Å². The zero-order valence-corrected chi connectivity index (χ0v) is 10.4. The molecule has 88 valence electrons. The number of carbonyl (C=O) groups excluding carboxylic acids is 1. The molecule has 1 rings (SSSR count). The summed E-state index contributed by atoms with van der Waals surface area (Å²) in [4.78, 5) is 11.6. The number of carbonyl (C=O) groups is 1. The van der Waals surface area contributed by atoms with Crippen molar-refractivity contribution in [1.29, 1.82) is 0 Å². The fraction of sp³-hybridized carbons (Fsp3) is 0.417. The summed E-state index contributed by atoms with van der Waals surface area (Å²) in [6.45, 7) is 3.51. The zero-order valence-electron chi connectivity index (χ0n) is 9.66. The Morgan fingerprint density at radius 3 is 2.62 bits per heavy atom. The van der Waals surface area contributed by atoms with Gasteiger partial charge in [0.05, 0.1) is 12.5 Å². The molecule has 0 aliphatic heterocycles. The fourth-order valence-electron chi connectivity index (χ4n) is 1.51. The van der Waals surface area contributed by atoms with Gasteiger partial charge < -0.3 is 10.5 Å². The predicted octanol–water partition coefficient (Wildman–Crippen LogP) is 2.54. The van der Waals surface area contributed by atoms with E-state index in [2.05, 4.69) is 0 Å². The smallest absolute Gasteiger partial charge is 0.313 e. The molecule has 1 aromatic carbocycles.